The predicted octanol–water partition coefficient (Wildman–Crippen LogP) is 3.37. The highest BCUT2D eigenvalue weighted by Gasteiger charge is 2.27. The Morgan fingerprint density at radius 3 is 2.58 bits per heavy atom. The summed E-state index contributed by atoms with van der Waals surface area (Å²) >= 11 is 0. The van der Waals surface area contributed by atoms with E-state index in [1.54, 1.807) is 27.7 Å². The van der Waals surface area contributed by atoms with E-state index < -0.39 is 18.3 Å². The number of nitrogens with zero attached hydrogens (tertiary/aromatic N) is 4. The molecule has 0 spiro atoms. The number of hydrogen-bond donors (Lipinski definition) is 1. The van der Waals surface area contributed by atoms with Crippen LogP contribution in [0, 0.1) is 0 Å². The molecule has 12 heteroatoms. The van der Waals surface area contributed by atoms with E-state index in [1.165, 1.54) is 36.9 Å². The van der Waals surface area contributed by atoms with E-state index in [1.807, 2.05) is 0 Å². The topological polar surface area (TPSA) is 114 Å². The number of halogens is 2. The molecule has 4 rings (SSSR count). The molecule has 0 radical (unpaired) electrons. The summed E-state index contributed by atoms with van der Waals surface area (Å²) in [6.45, 7) is 3.95. The maximum atomic E-state index is 13.1. The fraction of sp³-hybridized carbons (Fsp3) is 0.346. The molecule has 38 heavy (non-hydrogen) atoms. The van der Waals surface area contributed by atoms with Crippen molar-refractivity contribution in [3.05, 3.63) is 53.6 Å². The van der Waals surface area contributed by atoms with Gasteiger partial charge in [0.1, 0.15) is 6.54 Å². The average Bonchev–Trinajstić information content (AvgIpc) is 3.22. The van der Waals surface area contributed by atoms with Crippen molar-refractivity contribution in [1.29, 1.82) is 0 Å². The summed E-state index contributed by atoms with van der Waals surface area (Å²) in [5, 5.41) is 2.69. The standard InChI is InChI=1S/C26H27F2N5O5/c1-16(34)31-10-11-32(23(36)15-31)20-7-8-22-21(14-20)29-26(33(22)9-4-12-38-17(2)35)30-25(37)19-6-3-5-18(13-19)24(27)28/h3,5-8,13-14,24H,4,9-12,15H2,1-2H3,(H,29,30,37). The molecule has 2 heterocycles. The number of carbonyl (C=O) groups is 4. The highest BCUT2D eigenvalue weighted by Crippen LogP contribution is 2.27. The number of carbonyl (C=O) groups excluding carboxylic acids is 4. The Balaban J connectivity index is 1.63. The number of ether oxygens (including phenoxy) is 1. The van der Waals surface area contributed by atoms with E-state index in [2.05, 4.69) is 10.3 Å². The molecule has 1 aliphatic heterocycles. The van der Waals surface area contributed by atoms with Gasteiger partial charge >= 0.3 is 5.97 Å². The molecule has 0 aliphatic carbocycles. The first-order valence-corrected chi connectivity index (χ1v) is 12.0. The van der Waals surface area contributed by atoms with Crippen LogP contribution in [0.3, 0.4) is 0 Å². The van der Waals surface area contributed by atoms with E-state index in [0.29, 0.717) is 42.8 Å². The molecule has 10 nitrogen and oxygen atoms in total. The summed E-state index contributed by atoms with van der Waals surface area (Å²) in [5.41, 5.74) is 1.52. The number of imidazole rings is 1. The average molecular weight is 528 g/mol. The zero-order valence-corrected chi connectivity index (χ0v) is 20.9. The molecule has 3 amide bonds. The molecular formula is C26H27F2N5O5. The van der Waals surface area contributed by atoms with E-state index in [9.17, 15) is 28.0 Å². The number of anilines is 2. The number of benzene rings is 2. The van der Waals surface area contributed by atoms with Gasteiger partial charge in [0.05, 0.1) is 17.6 Å². The van der Waals surface area contributed by atoms with Crippen molar-refractivity contribution in [2.75, 3.05) is 36.5 Å². The molecule has 1 fully saturated rings. The van der Waals surface area contributed by atoms with Crippen LogP contribution >= 0.6 is 0 Å². The minimum atomic E-state index is -2.72. The van der Waals surface area contributed by atoms with Gasteiger partial charge in [-0.15, -0.1) is 0 Å². The summed E-state index contributed by atoms with van der Waals surface area (Å²) in [6.07, 6.45) is -2.28. The molecule has 1 aliphatic rings. The van der Waals surface area contributed by atoms with Gasteiger partial charge in [0.15, 0.2) is 0 Å². The van der Waals surface area contributed by atoms with Crippen LogP contribution in [0.1, 0.15) is 42.6 Å². The van der Waals surface area contributed by atoms with Gasteiger partial charge < -0.3 is 19.1 Å². The Bertz CT molecular complexity index is 1390. The SMILES string of the molecule is CC(=O)OCCCn1c(NC(=O)c2cccc(C(F)F)c2)nc2cc(N3CCN(C(C)=O)CC3=O)ccc21. The Morgan fingerprint density at radius 1 is 1.11 bits per heavy atom. The maximum Gasteiger partial charge on any atom is 0.302 e. The second-order valence-electron chi connectivity index (χ2n) is 8.82. The molecule has 200 valence electrons. The predicted molar refractivity (Wildman–Crippen MR) is 135 cm³/mol. The first-order valence-electron chi connectivity index (χ1n) is 12.0. The third-order valence-corrected chi connectivity index (χ3v) is 6.17. The normalized spacial score (nSPS) is 13.8. The first-order chi connectivity index (χ1) is 18.1. The lowest BCUT2D eigenvalue weighted by Gasteiger charge is -2.33. The van der Waals surface area contributed by atoms with E-state index in [-0.39, 0.29) is 42.0 Å². The largest absolute Gasteiger partial charge is 0.466 e. The first kappa shape index (κ1) is 26.7. The van der Waals surface area contributed by atoms with Crippen molar-refractivity contribution in [3.63, 3.8) is 0 Å². The molecule has 0 saturated carbocycles. The molecule has 0 atom stereocenters. The third kappa shape index (κ3) is 5.96. The van der Waals surface area contributed by atoms with Crippen molar-refractivity contribution < 1.29 is 32.7 Å². The smallest absolute Gasteiger partial charge is 0.302 e. The number of hydrogen-bond acceptors (Lipinski definition) is 6. The lowest BCUT2D eigenvalue weighted by molar-refractivity contribution is -0.141. The van der Waals surface area contributed by atoms with Gasteiger partial charge in [-0.25, -0.2) is 13.8 Å². The van der Waals surface area contributed by atoms with Crippen molar-refractivity contribution in [1.82, 2.24) is 14.5 Å². The van der Waals surface area contributed by atoms with Gasteiger partial charge in [-0.2, -0.15) is 0 Å². The molecular weight excluding hydrogens is 500 g/mol. The maximum absolute atomic E-state index is 13.1. The van der Waals surface area contributed by atoms with Crippen molar-refractivity contribution >= 4 is 46.4 Å². The number of nitrogens with one attached hydrogen (secondary N) is 1. The van der Waals surface area contributed by atoms with Gasteiger partial charge in [-0.1, -0.05) is 12.1 Å². The minimum absolute atomic E-state index is 0.0169. The van der Waals surface area contributed by atoms with Crippen LogP contribution in [0.4, 0.5) is 20.4 Å². The number of rotatable bonds is 8. The highest BCUT2D eigenvalue weighted by atomic mass is 19.3. The Kier molecular flexibility index (Phi) is 7.99. The van der Waals surface area contributed by atoms with E-state index in [4.69, 9.17) is 4.74 Å². The van der Waals surface area contributed by atoms with Crippen LogP contribution < -0.4 is 10.2 Å². The fourth-order valence-electron chi connectivity index (χ4n) is 4.25. The summed E-state index contributed by atoms with van der Waals surface area (Å²) in [4.78, 5) is 56.0. The number of aryl methyl sites for hydroxylation is 1. The molecule has 0 unspecified atom stereocenters. The second kappa shape index (κ2) is 11.4. The number of esters is 1. The van der Waals surface area contributed by atoms with Crippen molar-refractivity contribution in [3.8, 4) is 0 Å². The van der Waals surface area contributed by atoms with Crippen LogP contribution in [-0.4, -0.2) is 64.4 Å². The number of piperazine rings is 1. The van der Waals surface area contributed by atoms with Crippen LogP contribution in [0.5, 0.6) is 0 Å². The number of fused-ring (bicyclic) bond motifs is 1. The number of aromatic nitrogens is 2. The second-order valence-corrected chi connectivity index (χ2v) is 8.82. The third-order valence-electron chi connectivity index (χ3n) is 6.17. The number of amides is 3. The Labute approximate surface area is 217 Å². The fourth-order valence-corrected chi connectivity index (χ4v) is 4.25. The Hall–Kier alpha value is -4.35. The van der Waals surface area contributed by atoms with Crippen molar-refractivity contribution in [2.24, 2.45) is 0 Å². The zero-order chi connectivity index (χ0) is 27.4. The van der Waals surface area contributed by atoms with Gasteiger partial charge in [0.25, 0.3) is 12.3 Å². The van der Waals surface area contributed by atoms with Crippen LogP contribution in [0.25, 0.3) is 11.0 Å². The molecule has 1 aromatic heterocycles. The monoisotopic (exact) mass is 527 g/mol. The van der Waals surface area contributed by atoms with Crippen molar-refractivity contribution in [2.45, 2.75) is 33.2 Å². The number of alkyl halides is 2. The van der Waals surface area contributed by atoms with Crippen LogP contribution in [0.2, 0.25) is 0 Å². The minimum Gasteiger partial charge on any atom is -0.466 e. The summed E-state index contributed by atoms with van der Waals surface area (Å²) in [5.74, 6) is -1.23. The highest BCUT2D eigenvalue weighted by molar-refractivity contribution is 6.04. The Morgan fingerprint density at radius 2 is 1.89 bits per heavy atom. The zero-order valence-electron chi connectivity index (χ0n) is 20.9. The summed E-state index contributed by atoms with van der Waals surface area (Å²) < 4.78 is 33.0. The quantitative estimate of drug-likeness (QED) is 0.355. The van der Waals surface area contributed by atoms with Gasteiger partial charge in [-0.05, 0) is 36.8 Å². The molecule has 2 aromatic carbocycles. The lowest BCUT2D eigenvalue weighted by atomic mass is 10.1. The van der Waals surface area contributed by atoms with E-state index >= 15 is 0 Å². The summed E-state index contributed by atoms with van der Waals surface area (Å²) in [7, 11) is 0. The molecule has 0 bridgehead atoms. The molecule has 3 aromatic rings. The lowest BCUT2D eigenvalue weighted by Crippen LogP contribution is -2.51. The van der Waals surface area contributed by atoms with E-state index in [0.717, 1.165) is 6.07 Å². The molecule has 1 saturated heterocycles. The van der Waals surface area contributed by atoms with Crippen LogP contribution in [-0.2, 0) is 25.7 Å². The van der Waals surface area contributed by atoms with Crippen LogP contribution in [0.15, 0.2) is 42.5 Å². The van der Waals surface area contributed by atoms with Gasteiger partial charge in [0, 0.05) is 50.3 Å². The van der Waals surface area contributed by atoms with Gasteiger partial charge in [-0.3, -0.25) is 24.5 Å². The summed E-state index contributed by atoms with van der Waals surface area (Å²) in [6, 6.07) is 10.4. The van der Waals surface area contributed by atoms with Gasteiger partial charge in [0.2, 0.25) is 17.8 Å². The molecule has 1 N–H and O–H groups in total.